The fourth-order valence-electron chi connectivity index (χ4n) is 1.96. The lowest BCUT2D eigenvalue weighted by Crippen LogP contribution is -2.17. The molecule has 1 aliphatic rings. The van der Waals surface area contributed by atoms with E-state index in [4.69, 9.17) is 21.1 Å². The van der Waals surface area contributed by atoms with Crippen LogP contribution in [0.25, 0.3) is 0 Å². The quantitative estimate of drug-likeness (QED) is 0.737. The minimum atomic E-state index is -0.182. The molecule has 3 rings (SSSR count). The van der Waals surface area contributed by atoms with Crippen molar-refractivity contribution in [2.75, 3.05) is 36.1 Å². The Bertz CT molecular complexity index is 741. The molecule has 0 saturated carbocycles. The van der Waals surface area contributed by atoms with E-state index in [2.05, 4.69) is 20.8 Å². The maximum atomic E-state index is 12.1. The number of nitrogens with zero attached hydrogens (tertiary/aromatic N) is 2. The Morgan fingerprint density at radius 1 is 1.33 bits per heavy atom. The van der Waals surface area contributed by atoms with Crippen LogP contribution in [0.2, 0.25) is 5.02 Å². The topological polar surface area (TPSA) is 85.4 Å². The van der Waals surface area contributed by atoms with Crippen LogP contribution in [-0.4, -0.2) is 41.6 Å². The van der Waals surface area contributed by atoms with Gasteiger partial charge in [0.05, 0.1) is 16.5 Å². The number of benzene rings is 1. The van der Waals surface area contributed by atoms with Gasteiger partial charge >= 0.3 is 0 Å². The normalized spacial score (nSPS) is 12.8. The molecule has 2 N–H and O–H groups in total. The highest BCUT2D eigenvalue weighted by Crippen LogP contribution is 2.38. The summed E-state index contributed by atoms with van der Waals surface area (Å²) in [6.45, 7) is 3.73. The Balaban J connectivity index is 1.58. The summed E-state index contributed by atoms with van der Waals surface area (Å²) < 4.78 is 11.7. The van der Waals surface area contributed by atoms with E-state index in [0.29, 0.717) is 35.4 Å². The monoisotopic (exact) mass is 386 g/mol. The molecule has 10 heteroatoms. The zero-order valence-corrected chi connectivity index (χ0v) is 15.2. The molecule has 0 spiro atoms. The highest BCUT2D eigenvalue weighted by molar-refractivity contribution is 8.01. The van der Waals surface area contributed by atoms with Crippen LogP contribution in [0.5, 0.6) is 11.5 Å². The Labute approximate surface area is 152 Å². The summed E-state index contributed by atoms with van der Waals surface area (Å²) in [6, 6.07) is 3.32. The summed E-state index contributed by atoms with van der Waals surface area (Å²) in [5.41, 5.74) is 0.497. The van der Waals surface area contributed by atoms with Gasteiger partial charge in [-0.25, -0.2) is 0 Å². The van der Waals surface area contributed by atoms with Crippen LogP contribution >= 0.6 is 34.7 Å². The van der Waals surface area contributed by atoms with E-state index >= 15 is 0 Å². The number of carbonyl (C=O) groups excluding carboxylic acids is 1. The van der Waals surface area contributed by atoms with Crippen molar-refractivity contribution < 1.29 is 14.3 Å². The molecule has 2 aromatic rings. The lowest BCUT2D eigenvalue weighted by Gasteiger charge is -2.19. The van der Waals surface area contributed by atoms with Crippen LogP contribution in [0.3, 0.4) is 0 Å². The van der Waals surface area contributed by atoms with Gasteiger partial charge in [0.25, 0.3) is 0 Å². The molecule has 128 valence electrons. The molecule has 0 atom stereocenters. The van der Waals surface area contributed by atoms with Crippen LogP contribution in [0.15, 0.2) is 16.5 Å². The summed E-state index contributed by atoms with van der Waals surface area (Å²) in [6.07, 6.45) is 0. The van der Waals surface area contributed by atoms with Gasteiger partial charge in [0.15, 0.2) is 15.8 Å². The van der Waals surface area contributed by atoms with E-state index in [1.165, 1.54) is 23.1 Å². The molecule has 1 aromatic heterocycles. The maximum absolute atomic E-state index is 12.1. The molecule has 0 unspecified atom stereocenters. The van der Waals surface area contributed by atoms with Crippen molar-refractivity contribution in [3.05, 3.63) is 17.2 Å². The van der Waals surface area contributed by atoms with Crippen LogP contribution in [0.1, 0.15) is 6.92 Å². The second-order valence-electron chi connectivity index (χ2n) is 4.72. The van der Waals surface area contributed by atoms with Crippen LogP contribution < -0.4 is 20.1 Å². The fourth-order valence-corrected chi connectivity index (χ4v) is 3.78. The standard InChI is InChI=1S/C14H15ClN4O3S2/c1-2-16-13-18-19-14(24-13)23-7-12(20)17-9-6-11-10(5-8(9)15)21-3-4-22-11/h5-6H,2-4,7H2,1H3,(H,16,18)(H,17,20). The number of ether oxygens (including phenoxy) is 2. The van der Waals surface area contributed by atoms with Gasteiger partial charge in [0, 0.05) is 18.7 Å². The number of hydrogen-bond donors (Lipinski definition) is 2. The highest BCUT2D eigenvalue weighted by Gasteiger charge is 2.16. The smallest absolute Gasteiger partial charge is 0.234 e. The average Bonchev–Trinajstić information content (AvgIpc) is 3.02. The van der Waals surface area contributed by atoms with Gasteiger partial charge in [0.1, 0.15) is 13.2 Å². The predicted molar refractivity (Wildman–Crippen MR) is 95.9 cm³/mol. The second-order valence-corrected chi connectivity index (χ2v) is 7.32. The van der Waals surface area contributed by atoms with Gasteiger partial charge in [-0.3, -0.25) is 4.79 Å². The lowest BCUT2D eigenvalue weighted by atomic mass is 10.2. The molecule has 0 fully saturated rings. The van der Waals surface area contributed by atoms with E-state index in [-0.39, 0.29) is 11.7 Å². The summed E-state index contributed by atoms with van der Waals surface area (Å²) in [5, 5.41) is 15.0. The van der Waals surface area contributed by atoms with Gasteiger partial charge in [-0.2, -0.15) is 0 Å². The van der Waals surface area contributed by atoms with Crippen molar-refractivity contribution in [3.63, 3.8) is 0 Å². The number of rotatable bonds is 6. The highest BCUT2D eigenvalue weighted by atomic mass is 35.5. The molecule has 1 aromatic carbocycles. The number of amides is 1. The molecule has 1 aliphatic heterocycles. The minimum absolute atomic E-state index is 0.182. The van der Waals surface area contributed by atoms with Crippen molar-refractivity contribution >= 4 is 51.4 Å². The first-order chi connectivity index (χ1) is 11.7. The van der Waals surface area contributed by atoms with E-state index in [9.17, 15) is 4.79 Å². The van der Waals surface area contributed by atoms with Gasteiger partial charge in [-0.15, -0.1) is 10.2 Å². The van der Waals surface area contributed by atoms with E-state index < -0.39 is 0 Å². The lowest BCUT2D eigenvalue weighted by molar-refractivity contribution is -0.113. The summed E-state index contributed by atoms with van der Waals surface area (Å²) in [4.78, 5) is 12.1. The van der Waals surface area contributed by atoms with E-state index in [0.717, 1.165) is 16.0 Å². The molecule has 24 heavy (non-hydrogen) atoms. The van der Waals surface area contributed by atoms with Gasteiger partial charge < -0.3 is 20.1 Å². The molecular formula is C14H15ClN4O3S2. The number of halogens is 1. The van der Waals surface area contributed by atoms with Crippen LogP contribution in [0.4, 0.5) is 10.8 Å². The number of thioether (sulfide) groups is 1. The summed E-state index contributed by atoms with van der Waals surface area (Å²) in [7, 11) is 0. The van der Waals surface area contributed by atoms with Gasteiger partial charge in [-0.05, 0) is 6.92 Å². The Morgan fingerprint density at radius 3 is 2.83 bits per heavy atom. The first-order valence-electron chi connectivity index (χ1n) is 7.25. The Morgan fingerprint density at radius 2 is 2.08 bits per heavy atom. The number of anilines is 2. The largest absolute Gasteiger partial charge is 0.486 e. The Kier molecular flexibility index (Phi) is 5.64. The van der Waals surface area contributed by atoms with Gasteiger partial charge in [-0.1, -0.05) is 34.7 Å². The predicted octanol–water partition coefficient (Wildman–Crippen LogP) is 3.13. The first-order valence-corrected chi connectivity index (χ1v) is 9.43. The zero-order valence-electron chi connectivity index (χ0n) is 12.8. The van der Waals surface area contributed by atoms with E-state index in [1.54, 1.807) is 12.1 Å². The van der Waals surface area contributed by atoms with Crippen molar-refractivity contribution in [1.82, 2.24) is 10.2 Å². The minimum Gasteiger partial charge on any atom is -0.486 e. The summed E-state index contributed by atoms with van der Waals surface area (Å²) >= 11 is 8.91. The van der Waals surface area contributed by atoms with Crippen molar-refractivity contribution in [2.45, 2.75) is 11.3 Å². The number of hydrogen-bond acceptors (Lipinski definition) is 8. The van der Waals surface area contributed by atoms with Crippen molar-refractivity contribution in [1.29, 1.82) is 0 Å². The van der Waals surface area contributed by atoms with E-state index in [1.807, 2.05) is 6.92 Å². The fraction of sp³-hybridized carbons (Fsp3) is 0.357. The molecule has 7 nitrogen and oxygen atoms in total. The zero-order chi connectivity index (χ0) is 16.9. The molecule has 0 aliphatic carbocycles. The van der Waals surface area contributed by atoms with Crippen molar-refractivity contribution in [2.24, 2.45) is 0 Å². The number of aromatic nitrogens is 2. The SMILES string of the molecule is CCNc1nnc(SCC(=O)Nc2cc3c(cc2Cl)OCCO3)s1. The third-order valence-electron chi connectivity index (χ3n) is 2.97. The third-order valence-corrected chi connectivity index (χ3v) is 5.29. The van der Waals surface area contributed by atoms with Crippen LogP contribution in [-0.2, 0) is 4.79 Å². The second kappa shape index (κ2) is 7.91. The Hall–Kier alpha value is -1.71. The molecule has 2 heterocycles. The number of nitrogens with one attached hydrogen (secondary N) is 2. The first kappa shape index (κ1) is 17.1. The number of fused-ring (bicyclic) bond motifs is 1. The van der Waals surface area contributed by atoms with Gasteiger partial charge in [0.2, 0.25) is 11.0 Å². The molecule has 0 radical (unpaired) electrons. The third kappa shape index (κ3) is 4.22. The molecule has 1 amide bonds. The average molecular weight is 387 g/mol. The molecule has 0 bridgehead atoms. The molecule has 0 saturated heterocycles. The van der Waals surface area contributed by atoms with Crippen LogP contribution in [0, 0.1) is 0 Å². The summed E-state index contributed by atoms with van der Waals surface area (Å²) in [5.74, 6) is 1.20. The number of carbonyl (C=O) groups is 1. The maximum Gasteiger partial charge on any atom is 0.234 e. The molecular weight excluding hydrogens is 372 g/mol. The van der Waals surface area contributed by atoms with Crippen molar-refractivity contribution in [3.8, 4) is 11.5 Å².